The molecule has 4 rings (SSSR count). The number of benzene rings is 2. The van der Waals surface area contributed by atoms with E-state index in [1.807, 2.05) is 30.3 Å². The lowest BCUT2D eigenvalue weighted by atomic mass is 9.66. The highest BCUT2D eigenvalue weighted by atomic mass is 35.5. The van der Waals surface area contributed by atoms with Crippen LogP contribution in [-0.4, -0.2) is 34.4 Å². The van der Waals surface area contributed by atoms with Crippen molar-refractivity contribution in [3.05, 3.63) is 58.6 Å². The number of piperidine rings is 1. The van der Waals surface area contributed by atoms with E-state index in [0.717, 1.165) is 61.3 Å². The summed E-state index contributed by atoms with van der Waals surface area (Å²) in [5, 5.41) is 22.2. The molecule has 28 heavy (non-hydrogen) atoms. The van der Waals surface area contributed by atoms with Crippen molar-refractivity contribution in [2.45, 2.75) is 50.3 Å². The standard InChI is InChI=1S/C23H28ClNO3/c1-28-21-14-16(9-10-20(21)26)22-18-7-4-5-11-23(18,27)12-13-25(22)15-17-6-2-3-8-19(17)24/h2-3,6,8-10,14,18,22,26-27H,4-5,7,11-13,15H2,1H3/t18-,22+,23+/m1/s1. The lowest BCUT2D eigenvalue weighted by molar-refractivity contribution is -0.126. The molecule has 0 aromatic heterocycles. The van der Waals surface area contributed by atoms with Gasteiger partial charge in [0, 0.05) is 30.1 Å². The molecule has 1 saturated carbocycles. The molecule has 1 heterocycles. The number of fused-ring (bicyclic) bond motifs is 1. The number of ether oxygens (including phenoxy) is 1. The number of rotatable bonds is 4. The second-order valence-corrected chi connectivity index (χ2v) is 8.55. The summed E-state index contributed by atoms with van der Waals surface area (Å²) in [6.07, 6.45) is 4.88. The van der Waals surface area contributed by atoms with E-state index in [0.29, 0.717) is 5.75 Å². The molecule has 5 heteroatoms. The van der Waals surface area contributed by atoms with Crippen molar-refractivity contribution in [3.8, 4) is 11.5 Å². The summed E-state index contributed by atoms with van der Waals surface area (Å²) in [7, 11) is 1.57. The zero-order valence-electron chi connectivity index (χ0n) is 16.3. The maximum absolute atomic E-state index is 11.4. The smallest absolute Gasteiger partial charge is 0.160 e. The van der Waals surface area contributed by atoms with Gasteiger partial charge in [-0.25, -0.2) is 0 Å². The van der Waals surface area contributed by atoms with Gasteiger partial charge in [-0.05, 0) is 48.6 Å². The average Bonchev–Trinajstić information content (AvgIpc) is 2.70. The van der Waals surface area contributed by atoms with Gasteiger partial charge in [-0.1, -0.05) is 48.7 Å². The van der Waals surface area contributed by atoms with Gasteiger partial charge in [0.1, 0.15) is 0 Å². The van der Waals surface area contributed by atoms with Gasteiger partial charge in [-0.2, -0.15) is 0 Å². The van der Waals surface area contributed by atoms with Gasteiger partial charge in [0.25, 0.3) is 0 Å². The minimum Gasteiger partial charge on any atom is -0.504 e. The van der Waals surface area contributed by atoms with E-state index in [4.69, 9.17) is 16.3 Å². The monoisotopic (exact) mass is 401 g/mol. The zero-order chi connectivity index (χ0) is 19.7. The Morgan fingerprint density at radius 3 is 2.79 bits per heavy atom. The van der Waals surface area contributed by atoms with Gasteiger partial charge in [0.15, 0.2) is 11.5 Å². The minimum atomic E-state index is -0.620. The van der Waals surface area contributed by atoms with Crippen LogP contribution < -0.4 is 4.74 Å². The second-order valence-electron chi connectivity index (χ2n) is 8.14. The van der Waals surface area contributed by atoms with Crippen LogP contribution in [0.5, 0.6) is 11.5 Å². The summed E-state index contributed by atoms with van der Waals surface area (Å²) in [6.45, 7) is 1.55. The van der Waals surface area contributed by atoms with Crippen molar-refractivity contribution in [3.63, 3.8) is 0 Å². The fourth-order valence-corrected chi connectivity index (χ4v) is 5.28. The number of methoxy groups -OCH3 is 1. The Hall–Kier alpha value is -1.75. The molecule has 3 atom stereocenters. The third-order valence-corrected chi connectivity index (χ3v) is 6.92. The Kier molecular flexibility index (Phi) is 5.55. The van der Waals surface area contributed by atoms with Crippen LogP contribution in [0.2, 0.25) is 5.02 Å². The maximum Gasteiger partial charge on any atom is 0.160 e. The number of hydrogen-bond donors (Lipinski definition) is 2. The first-order valence-corrected chi connectivity index (χ1v) is 10.5. The fraction of sp³-hybridized carbons (Fsp3) is 0.478. The van der Waals surface area contributed by atoms with Gasteiger partial charge in [-0.15, -0.1) is 0 Å². The summed E-state index contributed by atoms with van der Waals surface area (Å²) in [6, 6.07) is 13.6. The van der Waals surface area contributed by atoms with E-state index < -0.39 is 5.60 Å². The predicted octanol–water partition coefficient (Wildman–Crippen LogP) is 4.92. The molecule has 1 aliphatic carbocycles. The number of hydrogen-bond acceptors (Lipinski definition) is 4. The van der Waals surface area contributed by atoms with E-state index in [1.165, 1.54) is 0 Å². The molecule has 0 bridgehead atoms. The van der Waals surface area contributed by atoms with Gasteiger partial charge in [0.2, 0.25) is 0 Å². The molecule has 2 aromatic carbocycles. The van der Waals surface area contributed by atoms with Crippen LogP contribution in [0.15, 0.2) is 42.5 Å². The van der Waals surface area contributed by atoms with Crippen molar-refractivity contribution in [2.75, 3.05) is 13.7 Å². The molecule has 2 N–H and O–H groups in total. The number of nitrogens with zero attached hydrogens (tertiary/aromatic N) is 1. The molecule has 2 aliphatic rings. The van der Waals surface area contributed by atoms with Crippen LogP contribution in [0.25, 0.3) is 0 Å². The van der Waals surface area contributed by atoms with Crippen molar-refractivity contribution in [1.82, 2.24) is 4.90 Å². The molecule has 2 fully saturated rings. The van der Waals surface area contributed by atoms with Crippen LogP contribution in [0.3, 0.4) is 0 Å². The van der Waals surface area contributed by atoms with E-state index in [1.54, 1.807) is 13.2 Å². The Bertz CT molecular complexity index is 842. The van der Waals surface area contributed by atoms with E-state index in [9.17, 15) is 10.2 Å². The fourth-order valence-electron chi connectivity index (χ4n) is 5.09. The van der Waals surface area contributed by atoms with Crippen molar-refractivity contribution in [2.24, 2.45) is 5.92 Å². The molecule has 0 spiro atoms. The van der Waals surface area contributed by atoms with Crippen molar-refractivity contribution < 1.29 is 14.9 Å². The van der Waals surface area contributed by atoms with E-state index in [-0.39, 0.29) is 17.7 Å². The first-order chi connectivity index (χ1) is 13.5. The molecule has 150 valence electrons. The number of phenols is 1. The maximum atomic E-state index is 11.4. The molecular formula is C23H28ClNO3. The summed E-state index contributed by atoms with van der Waals surface area (Å²) < 4.78 is 5.36. The van der Waals surface area contributed by atoms with E-state index >= 15 is 0 Å². The number of aromatic hydroxyl groups is 1. The van der Waals surface area contributed by atoms with Gasteiger partial charge < -0.3 is 14.9 Å². The van der Waals surface area contributed by atoms with Gasteiger partial charge in [-0.3, -0.25) is 4.90 Å². The SMILES string of the molecule is COc1cc([C@H]2[C@H]3CCCC[C@]3(O)CCN2Cc2ccccc2Cl)ccc1O. The van der Waals surface area contributed by atoms with Crippen LogP contribution >= 0.6 is 11.6 Å². The van der Waals surface area contributed by atoms with E-state index in [2.05, 4.69) is 11.0 Å². The van der Waals surface area contributed by atoms with Gasteiger partial charge >= 0.3 is 0 Å². The Balaban J connectivity index is 1.73. The topological polar surface area (TPSA) is 52.9 Å². The van der Waals surface area contributed by atoms with Crippen LogP contribution in [-0.2, 0) is 6.54 Å². The Morgan fingerprint density at radius 1 is 1.18 bits per heavy atom. The molecule has 0 unspecified atom stereocenters. The number of likely N-dealkylation sites (tertiary alicyclic amines) is 1. The third-order valence-electron chi connectivity index (χ3n) is 6.55. The molecule has 2 aromatic rings. The van der Waals surface area contributed by atoms with Crippen molar-refractivity contribution in [1.29, 1.82) is 0 Å². The van der Waals surface area contributed by atoms with Crippen molar-refractivity contribution >= 4 is 11.6 Å². The Labute approximate surface area is 171 Å². The summed E-state index contributed by atoms with van der Waals surface area (Å²) in [4.78, 5) is 2.43. The highest BCUT2D eigenvalue weighted by molar-refractivity contribution is 6.31. The lowest BCUT2D eigenvalue weighted by Crippen LogP contribution is -2.54. The highest BCUT2D eigenvalue weighted by Crippen LogP contribution is 2.50. The second kappa shape index (κ2) is 7.94. The molecule has 0 radical (unpaired) electrons. The lowest BCUT2D eigenvalue weighted by Gasteiger charge is -2.53. The zero-order valence-corrected chi connectivity index (χ0v) is 17.0. The van der Waals surface area contributed by atoms with Crippen LogP contribution in [0.4, 0.5) is 0 Å². The molecular weight excluding hydrogens is 374 g/mol. The predicted molar refractivity (Wildman–Crippen MR) is 111 cm³/mol. The summed E-state index contributed by atoms with van der Waals surface area (Å²) >= 11 is 6.44. The summed E-state index contributed by atoms with van der Waals surface area (Å²) in [5.74, 6) is 0.769. The minimum absolute atomic E-state index is 0.0600. The quantitative estimate of drug-likeness (QED) is 0.763. The Morgan fingerprint density at radius 2 is 2.00 bits per heavy atom. The largest absolute Gasteiger partial charge is 0.504 e. The molecule has 4 nitrogen and oxygen atoms in total. The third kappa shape index (κ3) is 3.61. The first kappa shape index (κ1) is 19.6. The number of aliphatic hydroxyl groups is 1. The number of halogens is 1. The van der Waals surface area contributed by atoms with Gasteiger partial charge in [0.05, 0.1) is 12.7 Å². The first-order valence-electron chi connectivity index (χ1n) is 10.1. The molecule has 1 aliphatic heterocycles. The molecule has 0 amide bonds. The normalized spacial score (nSPS) is 28.0. The highest BCUT2D eigenvalue weighted by Gasteiger charge is 2.49. The molecule has 1 saturated heterocycles. The average molecular weight is 402 g/mol. The number of phenolic OH excluding ortho intramolecular Hbond substituents is 1. The van der Waals surface area contributed by atoms with Crippen LogP contribution in [0, 0.1) is 5.92 Å². The van der Waals surface area contributed by atoms with Crippen LogP contribution in [0.1, 0.15) is 49.3 Å². The summed E-state index contributed by atoms with van der Waals surface area (Å²) in [5.41, 5.74) is 1.55.